The Morgan fingerprint density at radius 2 is 1.47 bits per heavy atom. The summed E-state index contributed by atoms with van der Waals surface area (Å²) in [5.74, 6) is -1.13. The van der Waals surface area contributed by atoms with Crippen molar-refractivity contribution in [2.45, 2.75) is 141 Å². The number of carbonyl (C=O) groups is 4. The number of thioether (sulfide) groups is 1. The van der Waals surface area contributed by atoms with E-state index in [4.69, 9.17) is 35.8 Å². The number of aromatic nitrogens is 4. The second kappa shape index (κ2) is 30.7. The van der Waals surface area contributed by atoms with Gasteiger partial charge in [-0.05, 0) is 12.8 Å². The van der Waals surface area contributed by atoms with Crippen molar-refractivity contribution >= 4 is 75.1 Å². The summed E-state index contributed by atoms with van der Waals surface area (Å²) in [7, 11) is -16.4. The van der Waals surface area contributed by atoms with E-state index in [2.05, 4.69) is 40.3 Å². The predicted octanol–water partition coefficient (Wildman–Crippen LogP) is 4.00. The van der Waals surface area contributed by atoms with Crippen molar-refractivity contribution in [3.8, 4) is 12.3 Å². The van der Waals surface area contributed by atoms with Crippen molar-refractivity contribution in [3.63, 3.8) is 0 Å². The molecular weight excluding hydrogens is 1050 g/mol. The third-order valence-corrected chi connectivity index (χ3v) is 14.2. The summed E-state index contributed by atoms with van der Waals surface area (Å²) in [6.45, 7) is 0.553. The van der Waals surface area contributed by atoms with Gasteiger partial charge in [0.2, 0.25) is 11.8 Å². The Morgan fingerprint density at radius 3 is 2.04 bits per heavy atom. The van der Waals surface area contributed by atoms with Crippen LogP contribution in [0, 0.1) is 17.8 Å². The lowest BCUT2D eigenvalue weighted by Crippen LogP contribution is -2.46. The molecule has 0 bridgehead atoms. The van der Waals surface area contributed by atoms with E-state index in [0.717, 1.165) is 67.5 Å². The highest BCUT2D eigenvalue weighted by molar-refractivity contribution is 8.13. The minimum atomic E-state index is -5.58. The summed E-state index contributed by atoms with van der Waals surface area (Å²) >= 11 is 1.14. The van der Waals surface area contributed by atoms with Crippen LogP contribution in [0.5, 0.6) is 0 Å². The van der Waals surface area contributed by atoms with Gasteiger partial charge in [-0.15, -0.1) is 12.3 Å². The molecule has 0 radical (unpaired) electrons. The van der Waals surface area contributed by atoms with Crippen LogP contribution in [0.4, 0.5) is 19.0 Å². The molecule has 1 aliphatic rings. The van der Waals surface area contributed by atoms with Gasteiger partial charge in [-0.25, -0.2) is 33.4 Å². The van der Waals surface area contributed by atoms with Gasteiger partial charge in [0.15, 0.2) is 22.8 Å². The number of phosphoric acid groups is 3. The Bertz CT molecular complexity index is 2250. The molecule has 0 aromatic carbocycles. The van der Waals surface area contributed by atoms with Gasteiger partial charge < -0.3 is 56.0 Å². The molecule has 1 saturated heterocycles. The molecule has 0 saturated carbocycles. The fourth-order valence-corrected chi connectivity index (χ4v) is 10.0. The lowest BCUT2D eigenvalue weighted by Gasteiger charge is -2.30. The number of aliphatic carboxylic acids is 1. The molecule has 2 amide bonds. The number of carboxylic acids is 1. The second-order valence-corrected chi connectivity index (χ2v) is 22.1. The van der Waals surface area contributed by atoms with E-state index >= 15 is 0 Å². The third-order valence-electron chi connectivity index (χ3n) is 10.2. The number of imidazole rings is 1. The SMILES string of the molecule is C#CCCCCCCCCCCCCCC(=O)SCCNC(=O)CCNC(=O)[C@H](O)C(C)(C)COP(=O)(O)OP(=O)(O)OC[C@H]1O[C@@H](n2cnc3c(N)ncnc32)[C@@H](O)[C@@H]1OP(=O)(O)O.O=C(O)C(F)(F)F. The van der Waals surface area contributed by atoms with Crippen LogP contribution in [-0.4, -0.2) is 140 Å². The summed E-state index contributed by atoms with van der Waals surface area (Å²) in [6.07, 6.45) is 7.18. The van der Waals surface area contributed by atoms with Gasteiger partial charge in [0.1, 0.15) is 36.3 Å². The van der Waals surface area contributed by atoms with Crippen molar-refractivity contribution in [1.29, 1.82) is 0 Å². The number of nitrogens with two attached hydrogens (primary N) is 1. The number of alkyl halides is 3. The number of hydrogen-bond acceptors (Lipinski definition) is 19. The number of nitrogens with zero attached hydrogens (tertiary/aromatic N) is 4. The van der Waals surface area contributed by atoms with Gasteiger partial charge in [-0.2, -0.15) is 17.5 Å². The first-order valence-corrected chi connectivity index (χ1v) is 27.8. The van der Waals surface area contributed by atoms with Crippen LogP contribution in [0.25, 0.3) is 11.2 Å². The first-order chi connectivity index (χ1) is 33.5. The molecule has 3 heterocycles. The summed E-state index contributed by atoms with van der Waals surface area (Å²) in [5, 5.41) is 33.7. The van der Waals surface area contributed by atoms with E-state index in [0.29, 0.717) is 12.2 Å². The first kappa shape index (κ1) is 64.5. The van der Waals surface area contributed by atoms with Gasteiger partial charge in [0, 0.05) is 43.5 Å². The molecule has 3 rings (SSSR count). The molecule has 2 aromatic rings. The molecule has 410 valence electrons. The molecule has 2 aromatic heterocycles. The van der Waals surface area contributed by atoms with Crippen LogP contribution in [0.15, 0.2) is 12.7 Å². The zero-order valence-electron chi connectivity index (χ0n) is 39.3. The number of terminal acetylenes is 1. The molecule has 0 aliphatic carbocycles. The Labute approximate surface area is 416 Å². The van der Waals surface area contributed by atoms with Gasteiger partial charge >= 0.3 is 35.6 Å². The average molecular weight is 1120 g/mol. The number of halogens is 3. The Hall–Kier alpha value is -3.62. The Kier molecular flexibility index (Phi) is 27.5. The van der Waals surface area contributed by atoms with Gasteiger partial charge in [-0.1, -0.05) is 83.4 Å². The first-order valence-electron chi connectivity index (χ1n) is 22.3. The fraction of sp³-hybridized carbons (Fsp3) is 0.718. The maximum atomic E-state index is 12.7. The predicted molar refractivity (Wildman–Crippen MR) is 250 cm³/mol. The average Bonchev–Trinajstić information content (AvgIpc) is 3.84. The van der Waals surface area contributed by atoms with Crippen LogP contribution in [0.1, 0.15) is 110 Å². The summed E-state index contributed by atoms with van der Waals surface area (Å²) in [6, 6.07) is 0. The number of carbonyl (C=O) groups excluding carboxylic acids is 3. The van der Waals surface area contributed by atoms with Crippen molar-refractivity contribution in [3.05, 3.63) is 12.7 Å². The number of nitrogens with one attached hydrogen (secondary N) is 2. The molecular formula is C39H63F3N7O19P3S. The normalized spacial score (nSPS) is 19.3. The Morgan fingerprint density at radius 1 is 0.903 bits per heavy atom. The van der Waals surface area contributed by atoms with E-state index in [1.165, 1.54) is 52.4 Å². The van der Waals surface area contributed by atoms with Crippen molar-refractivity contribution in [2.24, 2.45) is 5.41 Å². The molecule has 2 unspecified atom stereocenters. The van der Waals surface area contributed by atoms with Crippen LogP contribution < -0.4 is 16.4 Å². The second-order valence-electron chi connectivity index (χ2n) is 16.7. The smallest absolute Gasteiger partial charge is 0.475 e. The molecule has 0 spiro atoms. The molecule has 1 fully saturated rings. The number of hydrogen-bond donors (Lipinski definition) is 10. The van der Waals surface area contributed by atoms with E-state index in [9.17, 15) is 71.0 Å². The van der Waals surface area contributed by atoms with Crippen LogP contribution in [-0.2, 0) is 55.5 Å². The lowest BCUT2D eigenvalue weighted by molar-refractivity contribution is -0.192. The summed E-state index contributed by atoms with van der Waals surface area (Å²) in [4.78, 5) is 97.1. The number of rotatable bonds is 32. The molecule has 7 atom stereocenters. The highest BCUT2D eigenvalue weighted by Crippen LogP contribution is 2.61. The quantitative estimate of drug-likeness (QED) is 0.0281. The van der Waals surface area contributed by atoms with Gasteiger partial charge in [-0.3, -0.25) is 32.5 Å². The fourth-order valence-electron chi connectivity index (χ4n) is 6.45. The minimum Gasteiger partial charge on any atom is -0.475 e. The highest BCUT2D eigenvalue weighted by atomic mass is 32.2. The monoisotopic (exact) mass is 1120 g/mol. The zero-order valence-corrected chi connectivity index (χ0v) is 42.8. The minimum absolute atomic E-state index is 0.0318. The maximum absolute atomic E-state index is 12.7. The number of unbranched alkanes of at least 4 members (excludes halogenated alkanes) is 11. The number of anilines is 1. The molecule has 11 N–H and O–H groups in total. The van der Waals surface area contributed by atoms with E-state index in [1.807, 2.05) is 0 Å². The maximum Gasteiger partial charge on any atom is 0.490 e. The third kappa shape index (κ3) is 24.6. The van der Waals surface area contributed by atoms with Crippen LogP contribution in [0.3, 0.4) is 0 Å². The van der Waals surface area contributed by atoms with Crippen molar-refractivity contribution in [1.82, 2.24) is 30.2 Å². The summed E-state index contributed by atoms with van der Waals surface area (Å²) in [5.41, 5.74) is 4.28. The van der Waals surface area contributed by atoms with Gasteiger partial charge in [0.05, 0.1) is 19.5 Å². The van der Waals surface area contributed by atoms with E-state index in [1.54, 1.807) is 0 Å². The zero-order chi connectivity index (χ0) is 54.3. The van der Waals surface area contributed by atoms with E-state index < -0.39 is 96.7 Å². The topological polar surface area (TPSA) is 401 Å². The van der Waals surface area contributed by atoms with Gasteiger partial charge in [0.25, 0.3) is 0 Å². The molecule has 1 aliphatic heterocycles. The number of fused-ring (bicyclic) bond motifs is 1. The largest absolute Gasteiger partial charge is 0.490 e. The number of amides is 2. The van der Waals surface area contributed by atoms with Crippen LogP contribution in [0.2, 0.25) is 0 Å². The molecule has 33 heteroatoms. The summed E-state index contributed by atoms with van der Waals surface area (Å²) < 4.78 is 94.1. The number of aliphatic hydroxyl groups is 2. The molecule has 72 heavy (non-hydrogen) atoms. The number of aliphatic hydroxyl groups excluding tert-OH is 2. The number of phosphoric ester groups is 3. The number of ether oxygens (including phenoxy) is 1. The van der Waals surface area contributed by atoms with E-state index in [-0.39, 0.29) is 41.6 Å². The molecule has 26 nitrogen and oxygen atoms in total. The number of carboxylic acid groups (broad SMARTS) is 1. The lowest BCUT2D eigenvalue weighted by atomic mass is 9.87. The number of nitrogen functional groups attached to an aromatic ring is 1. The standard InChI is InChI=1S/C37H62N7O17P3S.C2HF3O2/c1-4-5-6-7-8-9-10-11-12-13-14-15-16-17-28(46)65-21-20-39-27(45)18-19-40-35(49)32(48)37(2,3)23-58-64(55,56)61-63(53,54)57-22-26-31(60-62(50,51)52)30(47)36(59-26)44-25-43-29-33(38)41-24-42-34(29)44;3-2(4,5)1(6)7/h1,24-26,30-32,36,47-48H,5-23H2,2-3H3,(H,39,45)(H,40,49)(H,53,54)(H,55,56)(H2,38,41,42)(H2,50,51,52);(H,6,7)/t26-,30+,31-,32+,36-;/m1./s1. The van der Waals surface area contributed by atoms with Crippen molar-refractivity contribution < 1.29 is 104 Å². The Balaban J connectivity index is 0.00000235. The van der Waals surface area contributed by atoms with Crippen molar-refractivity contribution in [2.75, 3.05) is 37.8 Å². The highest BCUT2D eigenvalue weighted by Gasteiger charge is 2.50. The van der Waals surface area contributed by atoms with Crippen LogP contribution >= 0.6 is 35.2 Å².